The van der Waals surface area contributed by atoms with E-state index in [2.05, 4.69) is 4.98 Å². The summed E-state index contributed by atoms with van der Waals surface area (Å²) in [6.07, 6.45) is 5.11. The topological polar surface area (TPSA) is 84.1 Å². The molecule has 29 heavy (non-hydrogen) atoms. The van der Waals surface area contributed by atoms with Crippen LogP contribution in [0.1, 0.15) is 18.4 Å². The van der Waals surface area contributed by atoms with E-state index in [-0.39, 0.29) is 24.2 Å². The molecule has 2 saturated heterocycles. The second-order valence-corrected chi connectivity index (χ2v) is 9.32. The lowest BCUT2D eigenvalue weighted by Crippen LogP contribution is -2.35. The Labute approximate surface area is 181 Å². The number of ether oxygens (including phenoxy) is 1. The molecule has 0 aromatic carbocycles. The molecule has 0 spiro atoms. The van der Waals surface area contributed by atoms with Crippen LogP contribution in [0.5, 0.6) is 0 Å². The van der Waals surface area contributed by atoms with E-state index >= 15 is 0 Å². The highest BCUT2D eigenvalue weighted by Gasteiger charge is 2.35. The lowest BCUT2D eigenvalue weighted by atomic mass is 10.2. The average Bonchev–Trinajstić information content (AvgIpc) is 3.33. The third-order valence-electron chi connectivity index (χ3n) is 4.62. The van der Waals surface area contributed by atoms with Crippen LogP contribution in [0, 0.1) is 0 Å². The molecule has 0 saturated carbocycles. The largest absolute Gasteiger partial charge is 0.396 e. The Morgan fingerprint density at radius 1 is 1.41 bits per heavy atom. The van der Waals surface area contributed by atoms with Gasteiger partial charge in [0.2, 0.25) is 0 Å². The maximum Gasteiger partial charge on any atom is 0.266 e. The van der Waals surface area contributed by atoms with Crippen LogP contribution in [0.15, 0.2) is 39.1 Å². The number of thioether (sulfide) groups is 2. The first-order chi connectivity index (χ1) is 14.1. The number of aliphatic hydroxyl groups excluding tert-OH is 1. The van der Waals surface area contributed by atoms with Gasteiger partial charge in [0.25, 0.3) is 11.5 Å². The monoisotopic (exact) mass is 449 g/mol. The number of hydrogen-bond acceptors (Lipinski definition) is 8. The molecule has 1 unspecified atom stereocenters. The van der Waals surface area contributed by atoms with E-state index in [4.69, 9.17) is 17.0 Å². The SMILES string of the molecule is O=C1/C(=C/c2c(SCCO)nc3ccccn3c2=O)SC(=S)N1CC1CCCO1. The second-order valence-electron chi connectivity index (χ2n) is 6.56. The fourth-order valence-corrected chi connectivity index (χ4v) is 5.24. The number of rotatable bonds is 6. The predicted octanol–water partition coefficient (Wildman–Crippen LogP) is 2.16. The normalized spacial score (nSPS) is 21.1. The van der Waals surface area contributed by atoms with E-state index in [0.29, 0.717) is 44.4 Å². The zero-order valence-corrected chi connectivity index (χ0v) is 17.9. The van der Waals surface area contributed by atoms with Crippen LogP contribution in [-0.4, -0.2) is 61.2 Å². The first-order valence-electron chi connectivity index (χ1n) is 9.20. The Balaban J connectivity index is 1.71. The van der Waals surface area contributed by atoms with Crippen molar-refractivity contribution in [3.63, 3.8) is 0 Å². The minimum Gasteiger partial charge on any atom is -0.396 e. The van der Waals surface area contributed by atoms with Gasteiger partial charge in [-0.05, 0) is 31.1 Å². The lowest BCUT2D eigenvalue weighted by molar-refractivity contribution is -0.123. The molecule has 0 aliphatic carbocycles. The second kappa shape index (κ2) is 8.97. The molecule has 7 nitrogen and oxygen atoms in total. The standard InChI is InChI=1S/C19H19N3O4S3/c23-7-9-28-16-13(17(24)21-6-2-1-5-15(21)20-16)10-14-18(25)22(19(27)29-14)11-12-4-3-8-26-12/h1-2,5-6,10,12,23H,3-4,7-9,11H2/b14-10-. The van der Waals surface area contributed by atoms with Gasteiger partial charge in [0, 0.05) is 18.6 Å². The first-order valence-corrected chi connectivity index (χ1v) is 11.4. The van der Waals surface area contributed by atoms with Gasteiger partial charge >= 0.3 is 0 Å². The zero-order valence-electron chi connectivity index (χ0n) is 15.4. The minimum atomic E-state index is -0.263. The molecule has 2 aliphatic heterocycles. The van der Waals surface area contributed by atoms with E-state index in [1.807, 2.05) is 0 Å². The smallest absolute Gasteiger partial charge is 0.266 e. The maximum absolute atomic E-state index is 13.1. The van der Waals surface area contributed by atoms with E-state index in [1.54, 1.807) is 35.4 Å². The third-order valence-corrected chi connectivity index (χ3v) is 6.97. The number of carbonyl (C=O) groups is 1. The average molecular weight is 450 g/mol. The molecule has 2 fully saturated rings. The highest BCUT2D eigenvalue weighted by atomic mass is 32.2. The van der Waals surface area contributed by atoms with E-state index in [0.717, 1.165) is 12.8 Å². The van der Waals surface area contributed by atoms with Gasteiger partial charge in [-0.2, -0.15) is 0 Å². The van der Waals surface area contributed by atoms with E-state index < -0.39 is 0 Å². The van der Waals surface area contributed by atoms with Gasteiger partial charge in [-0.3, -0.25) is 18.9 Å². The van der Waals surface area contributed by atoms with E-state index in [1.165, 1.54) is 27.9 Å². The van der Waals surface area contributed by atoms with Gasteiger partial charge in [0.15, 0.2) is 0 Å². The number of nitrogens with zero attached hydrogens (tertiary/aromatic N) is 3. The van der Waals surface area contributed by atoms with Crippen LogP contribution < -0.4 is 5.56 Å². The third kappa shape index (κ3) is 4.26. The molecular weight excluding hydrogens is 430 g/mol. The molecule has 1 N–H and O–H groups in total. The van der Waals surface area contributed by atoms with Crippen molar-refractivity contribution in [2.24, 2.45) is 0 Å². The van der Waals surface area contributed by atoms with Crippen molar-refractivity contribution in [1.29, 1.82) is 0 Å². The Morgan fingerprint density at radius 3 is 3.03 bits per heavy atom. The molecule has 0 radical (unpaired) electrons. The molecule has 1 atom stereocenters. The summed E-state index contributed by atoms with van der Waals surface area (Å²) in [6.45, 7) is 1.10. The van der Waals surface area contributed by atoms with Gasteiger partial charge in [-0.1, -0.05) is 30.0 Å². The number of hydrogen-bond donors (Lipinski definition) is 1. The summed E-state index contributed by atoms with van der Waals surface area (Å²) in [4.78, 5) is 32.5. The summed E-state index contributed by atoms with van der Waals surface area (Å²) in [5.74, 6) is 0.183. The van der Waals surface area contributed by atoms with Gasteiger partial charge in [0.05, 0.1) is 29.7 Å². The Hall–Kier alpha value is -1.72. The van der Waals surface area contributed by atoms with Gasteiger partial charge in [-0.25, -0.2) is 4.98 Å². The summed E-state index contributed by atoms with van der Waals surface area (Å²) in [5.41, 5.74) is 0.575. The van der Waals surface area contributed by atoms with Crippen LogP contribution in [0.3, 0.4) is 0 Å². The van der Waals surface area contributed by atoms with Crippen LogP contribution in [0.25, 0.3) is 11.7 Å². The maximum atomic E-state index is 13.1. The molecule has 4 rings (SSSR count). The Morgan fingerprint density at radius 2 is 2.28 bits per heavy atom. The Bertz CT molecular complexity index is 1050. The summed E-state index contributed by atoms with van der Waals surface area (Å²) in [5, 5.41) is 9.68. The number of fused-ring (bicyclic) bond motifs is 1. The summed E-state index contributed by atoms with van der Waals surface area (Å²) < 4.78 is 7.54. The van der Waals surface area contributed by atoms with Crippen LogP contribution in [-0.2, 0) is 9.53 Å². The van der Waals surface area contributed by atoms with E-state index in [9.17, 15) is 14.7 Å². The zero-order chi connectivity index (χ0) is 20.4. The highest BCUT2D eigenvalue weighted by molar-refractivity contribution is 8.26. The number of thiocarbonyl (C=S) groups is 1. The number of pyridine rings is 1. The van der Waals surface area contributed by atoms with Gasteiger partial charge < -0.3 is 9.84 Å². The molecular formula is C19H19N3O4S3. The van der Waals surface area contributed by atoms with Crippen molar-refractivity contribution >= 4 is 57.7 Å². The quantitative estimate of drug-likeness (QED) is 0.311. The van der Waals surface area contributed by atoms with Crippen LogP contribution in [0.2, 0.25) is 0 Å². The fraction of sp³-hybridized carbons (Fsp3) is 0.368. The van der Waals surface area contributed by atoms with Crippen molar-refractivity contribution in [3.05, 3.63) is 45.2 Å². The highest BCUT2D eigenvalue weighted by Crippen LogP contribution is 2.34. The first kappa shape index (κ1) is 20.5. The molecule has 10 heteroatoms. The minimum absolute atomic E-state index is 0.000446. The molecule has 1 amide bonds. The summed E-state index contributed by atoms with van der Waals surface area (Å²) in [7, 11) is 0. The number of carbonyl (C=O) groups excluding carboxylic acids is 1. The van der Waals surface area contributed by atoms with Crippen molar-refractivity contribution in [1.82, 2.24) is 14.3 Å². The number of amides is 1. The lowest BCUT2D eigenvalue weighted by Gasteiger charge is -2.18. The van der Waals surface area contributed by atoms with Crippen molar-refractivity contribution in [3.8, 4) is 0 Å². The molecule has 2 aromatic rings. The number of aromatic nitrogens is 2. The molecule has 4 heterocycles. The summed E-state index contributed by atoms with van der Waals surface area (Å²) >= 11 is 7.86. The van der Waals surface area contributed by atoms with Crippen molar-refractivity contribution < 1.29 is 14.6 Å². The number of aliphatic hydroxyl groups is 1. The molecule has 2 aliphatic rings. The summed E-state index contributed by atoms with van der Waals surface area (Å²) in [6, 6.07) is 5.30. The molecule has 0 bridgehead atoms. The van der Waals surface area contributed by atoms with Gasteiger partial charge in [0.1, 0.15) is 15.0 Å². The van der Waals surface area contributed by atoms with Crippen LogP contribution >= 0.6 is 35.7 Å². The molecule has 2 aromatic heterocycles. The van der Waals surface area contributed by atoms with Crippen molar-refractivity contribution in [2.75, 3.05) is 25.5 Å². The fourth-order valence-electron chi connectivity index (χ4n) is 3.24. The van der Waals surface area contributed by atoms with Crippen LogP contribution in [0.4, 0.5) is 0 Å². The van der Waals surface area contributed by atoms with Gasteiger partial charge in [-0.15, -0.1) is 11.8 Å². The predicted molar refractivity (Wildman–Crippen MR) is 118 cm³/mol. The Kier molecular flexibility index (Phi) is 6.35. The molecule has 152 valence electrons. The van der Waals surface area contributed by atoms with Crippen molar-refractivity contribution in [2.45, 2.75) is 24.0 Å².